The number of hydrogen-bond acceptors (Lipinski definition) is 2. The summed E-state index contributed by atoms with van der Waals surface area (Å²) in [5.74, 6) is 0. The van der Waals surface area contributed by atoms with E-state index in [9.17, 15) is 0 Å². The number of anilines is 2. The molecule has 2 aliphatic heterocycles. The molecule has 0 unspecified atom stereocenters. The van der Waals surface area contributed by atoms with Crippen LogP contribution in [0.5, 0.6) is 0 Å². The Hall–Kier alpha value is -6.78. The first-order valence-corrected chi connectivity index (χ1v) is 22.3. The van der Waals surface area contributed by atoms with Crippen LogP contribution in [0.4, 0.5) is 11.4 Å². The van der Waals surface area contributed by atoms with Gasteiger partial charge in [0.25, 0.3) is 0 Å². The molecule has 0 radical (unpaired) electrons. The molecule has 62 heavy (non-hydrogen) atoms. The Morgan fingerprint density at radius 3 is 1.84 bits per heavy atom. The molecule has 4 aliphatic rings. The van der Waals surface area contributed by atoms with E-state index < -0.39 is 0 Å². The minimum atomic E-state index is -0.156. The van der Waals surface area contributed by atoms with Crippen molar-refractivity contribution in [1.29, 1.82) is 0 Å². The van der Waals surface area contributed by atoms with E-state index in [4.69, 9.17) is 4.42 Å². The summed E-state index contributed by atoms with van der Waals surface area (Å²) in [7, 11) is 0. The van der Waals surface area contributed by atoms with Gasteiger partial charge in [0, 0.05) is 61.1 Å². The van der Waals surface area contributed by atoms with Crippen molar-refractivity contribution in [3.8, 4) is 39.1 Å². The van der Waals surface area contributed by atoms with Gasteiger partial charge in [-0.1, -0.05) is 146 Å². The Morgan fingerprint density at radius 1 is 0.484 bits per heavy atom. The van der Waals surface area contributed by atoms with Crippen molar-refractivity contribution < 1.29 is 4.42 Å². The molecule has 0 bridgehead atoms. The van der Waals surface area contributed by atoms with Crippen LogP contribution >= 0.6 is 0 Å². The molecule has 0 N–H and O–H groups in total. The fraction of sp³-hybridized carbons (Fsp3) is 0.172. The van der Waals surface area contributed by atoms with Gasteiger partial charge in [-0.05, 0) is 114 Å². The first-order chi connectivity index (χ1) is 29.9. The normalized spacial score (nSPS) is 15.9. The summed E-state index contributed by atoms with van der Waals surface area (Å²) >= 11 is 0. The molecule has 2 aromatic heterocycles. The van der Waals surface area contributed by atoms with Gasteiger partial charge in [0.2, 0.25) is 0 Å². The second-order valence-corrected chi connectivity index (χ2v) is 20.5. The van der Waals surface area contributed by atoms with Crippen LogP contribution < -0.4 is 15.7 Å². The maximum atomic E-state index is 6.64. The molecule has 2 aliphatic carbocycles. The van der Waals surface area contributed by atoms with Gasteiger partial charge in [-0.3, -0.25) is 0 Å². The van der Waals surface area contributed by atoms with Crippen molar-refractivity contribution in [3.05, 3.63) is 173 Å². The zero-order chi connectivity index (χ0) is 41.8. The lowest BCUT2D eigenvalue weighted by Gasteiger charge is -2.43. The highest BCUT2D eigenvalue weighted by atomic mass is 16.3. The van der Waals surface area contributed by atoms with Crippen molar-refractivity contribution in [2.24, 2.45) is 0 Å². The monoisotopic (exact) mass is 796 g/mol. The molecule has 4 heterocycles. The molecule has 0 amide bonds. The summed E-state index contributed by atoms with van der Waals surface area (Å²) in [4.78, 5) is 2.71. The fourth-order valence-corrected chi connectivity index (χ4v) is 12.4. The van der Waals surface area contributed by atoms with Crippen molar-refractivity contribution in [1.82, 2.24) is 4.57 Å². The third-order valence-electron chi connectivity index (χ3n) is 15.5. The summed E-state index contributed by atoms with van der Waals surface area (Å²) in [5, 5.41) is 4.86. The Bertz CT molecular complexity index is 3680. The van der Waals surface area contributed by atoms with Crippen molar-refractivity contribution in [2.75, 3.05) is 4.81 Å². The van der Waals surface area contributed by atoms with Gasteiger partial charge >= 0.3 is 6.85 Å². The SMILES string of the molecule is CC(C)(C)c1ccc(N2B3c4cc5c(cc4-n4c6cc7oc8ccccc8c7cc6c6ccc(c3c64)-c3cc4c(cc32)-c2ccccc2C4(C)C)-c2ccccc2C5(C)C)cc1. The Morgan fingerprint density at radius 2 is 1.13 bits per heavy atom. The quantitative estimate of drug-likeness (QED) is 0.154. The van der Waals surface area contributed by atoms with E-state index in [-0.39, 0.29) is 23.1 Å². The van der Waals surface area contributed by atoms with E-state index in [1.807, 2.05) is 0 Å². The zero-order valence-electron chi connectivity index (χ0n) is 36.2. The highest BCUT2D eigenvalue weighted by molar-refractivity contribution is 6.93. The predicted octanol–water partition coefficient (Wildman–Crippen LogP) is 13.8. The molecular weight excluding hydrogens is 751 g/mol. The van der Waals surface area contributed by atoms with E-state index in [0.717, 1.165) is 21.9 Å². The third kappa shape index (κ3) is 4.14. The molecule has 0 saturated heterocycles. The van der Waals surface area contributed by atoms with Crippen LogP contribution in [0, 0.1) is 0 Å². The fourth-order valence-electron chi connectivity index (χ4n) is 12.4. The number of benzene rings is 8. The molecule has 8 aromatic carbocycles. The van der Waals surface area contributed by atoms with Gasteiger partial charge in [0.1, 0.15) is 11.2 Å². The molecular formula is C58H45BN2O. The molecule has 0 atom stereocenters. The number of para-hydroxylation sites is 1. The molecule has 4 heteroatoms. The lowest BCUT2D eigenvalue weighted by molar-refractivity contribution is 0.590. The van der Waals surface area contributed by atoms with Gasteiger partial charge in [-0.2, -0.15) is 0 Å². The van der Waals surface area contributed by atoms with E-state index in [0.29, 0.717) is 0 Å². The lowest BCUT2D eigenvalue weighted by atomic mass is 9.43. The van der Waals surface area contributed by atoms with Crippen LogP contribution in [0.15, 0.2) is 150 Å². The van der Waals surface area contributed by atoms with E-state index in [1.165, 1.54) is 111 Å². The van der Waals surface area contributed by atoms with Gasteiger partial charge in [-0.15, -0.1) is 0 Å². The maximum Gasteiger partial charge on any atom is 0.333 e. The summed E-state index contributed by atoms with van der Waals surface area (Å²) < 4.78 is 9.25. The topological polar surface area (TPSA) is 21.3 Å². The zero-order valence-corrected chi connectivity index (χ0v) is 36.2. The highest BCUT2D eigenvalue weighted by Gasteiger charge is 2.48. The largest absolute Gasteiger partial charge is 0.456 e. The molecule has 10 aromatic rings. The second kappa shape index (κ2) is 11.2. The predicted molar refractivity (Wildman–Crippen MR) is 261 cm³/mol. The van der Waals surface area contributed by atoms with Crippen LogP contribution in [0.1, 0.15) is 76.3 Å². The Labute approximate surface area is 362 Å². The van der Waals surface area contributed by atoms with Crippen molar-refractivity contribution >= 4 is 72.9 Å². The van der Waals surface area contributed by atoms with Crippen LogP contribution in [0.2, 0.25) is 0 Å². The molecule has 0 spiro atoms. The third-order valence-corrected chi connectivity index (χ3v) is 15.5. The van der Waals surface area contributed by atoms with Crippen LogP contribution in [-0.4, -0.2) is 11.4 Å². The minimum absolute atomic E-state index is 0.0389. The number of fused-ring (bicyclic) bond motifs is 17. The van der Waals surface area contributed by atoms with E-state index in [2.05, 4.69) is 203 Å². The average Bonchev–Trinajstić information content (AvgIpc) is 3.94. The van der Waals surface area contributed by atoms with Crippen molar-refractivity contribution in [2.45, 2.75) is 64.7 Å². The Kier molecular flexibility index (Phi) is 6.29. The number of aromatic nitrogens is 1. The summed E-state index contributed by atoms with van der Waals surface area (Å²) in [6, 6.07) is 55.9. The number of furan rings is 1. The summed E-state index contributed by atoms with van der Waals surface area (Å²) in [5.41, 5.74) is 25.4. The minimum Gasteiger partial charge on any atom is -0.456 e. The molecule has 3 nitrogen and oxygen atoms in total. The molecule has 296 valence electrons. The molecule has 0 saturated carbocycles. The Balaban J connectivity index is 1.15. The molecule has 14 rings (SSSR count). The van der Waals surface area contributed by atoms with Crippen LogP contribution in [0.25, 0.3) is 82.8 Å². The average molecular weight is 797 g/mol. The smallest absolute Gasteiger partial charge is 0.333 e. The number of nitrogens with zero attached hydrogens (tertiary/aromatic N) is 2. The highest BCUT2D eigenvalue weighted by Crippen LogP contribution is 2.56. The number of hydrogen-bond donors (Lipinski definition) is 0. The van der Waals surface area contributed by atoms with Crippen LogP contribution in [-0.2, 0) is 16.2 Å². The van der Waals surface area contributed by atoms with Crippen LogP contribution in [0.3, 0.4) is 0 Å². The first kappa shape index (κ1) is 34.9. The molecule has 0 fully saturated rings. The standard InChI is InChI=1S/C58H45BN2O/c1-56(2,3)32-20-22-33(23-21-32)61-50-28-39-34-14-8-11-17-44(34)57(4,5)46(39)27-42(50)37-24-25-38-41-26-43-36-16-10-13-19-52(36)62-53(43)31-49(41)60-51-29-40-35-15-9-12-18-45(35)58(6,7)47(40)30-48(51)59(61)54(37)55(38)60/h8-31H,1-7H3. The van der Waals surface area contributed by atoms with E-state index in [1.54, 1.807) is 0 Å². The van der Waals surface area contributed by atoms with Gasteiger partial charge < -0.3 is 13.8 Å². The lowest BCUT2D eigenvalue weighted by Crippen LogP contribution is -2.60. The maximum absolute atomic E-state index is 6.64. The van der Waals surface area contributed by atoms with Gasteiger partial charge in [-0.25, -0.2) is 0 Å². The summed E-state index contributed by atoms with van der Waals surface area (Å²) in [6.07, 6.45) is 0. The van der Waals surface area contributed by atoms with Gasteiger partial charge in [0.05, 0.1) is 11.0 Å². The van der Waals surface area contributed by atoms with Crippen molar-refractivity contribution in [3.63, 3.8) is 0 Å². The number of rotatable bonds is 1. The van der Waals surface area contributed by atoms with E-state index >= 15 is 0 Å². The first-order valence-electron chi connectivity index (χ1n) is 22.3. The summed E-state index contributed by atoms with van der Waals surface area (Å²) in [6.45, 7) is 16.5. The van der Waals surface area contributed by atoms with Gasteiger partial charge in [0.15, 0.2) is 0 Å². The second-order valence-electron chi connectivity index (χ2n) is 20.5.